The van der Waals surface area contributed by atoms with Crippen LogP contribution in [0.1, 0.15) is 56.2 Å². The van der Waals surface area contributed by atoms with Crippen molar-refractivity contribution in [3.05, 3.63) is 71.5 Å². The minimum Gasteiger partial charge on any atom is -0.353 e. The maximum absolute atomic E-state index is 13.2. The highest BCUT2D eigenvalue weighted by Gasteiger charge is 2.25. The molecule has 0 saturated carbocycles. The van der Waals surface area contributed by atoms with E-state index in [2.05, 4.69) is 46.9 Å². The Kier molecular flexibility index (Phi) is 7.18. The first-order valence-corrected chi connectivity index (χ1v) is 10.2. The fraction of sp³-hybridized carbons (Fsp3) is 0.435. The molecule has 3 rings (SSSR count). The van der Waals surface area contributed by atoms with Gasteiger partial charge in [0.1, 0.15) is 5.82 Å². The molecule has 2 atom stereocenters. The molecule has 2 aromatic rings. The van der Waals surface area contributed by atoms with Crippen LogP contribution in [0.15, 0.2) is 54.6 Å². The molecule has 5 heteroatoms. The number of piperidine rings is 1. The zero-order chi connectivity index (χ0) is 19.9. The number of hydrogen-bond acceptors (Lipinski definition) is 3. The van der Waals surface area contributed by atoms with Gasteiger partial charge in [0.2, 0.25) is 5.91 Å². The summed E-state index contributed by atoms with van der Waals surface area (Å²) in [5, 5.41) is 5.45. The van der Waals surface area contributed by atoms with Crippen molar-refractivity contribution in [2.75, 3.05) is 13.1 Å². The Morgan fingerprint density at radius 3 is 2.32 bits per heavy atom. The topological polar surface area (TPSA) is 44.4 Å². The van der Waals surface area contributed by atoms with Gasteiger partial charge >= 0.3 is 0 Å². The Morgan fingerprint density at radius 2 is 1.71 bits per heavy atom. The van der Waals surface area contributed by atoms with Gasteiger partial charge in [0, 0.05) is 25.2 Å². The van der Waals surface area contributed by atoms with Crippen LogP contribution in [0.4, 0.5) is 4.39 Å². The van der Waals surface area contributed by atoms with Crippen LogP contribution in [-0.2, 0) is 4.79 Å². The Balaban J connectivity index is 1.48. The van der Waals surface area contributed by atoms with E-state index in [4.69, 9.17) is 0 Å². The van der Waals surface area contributed by atoms with E-state index in [-0.39, 0.29) is 29.7 Å². The molecule has 1 amide bonds. The number of nitrogens with zero attached hydrogens (tertiary/aromatic N) is 1. The van der Waals surface area contributed by atoms with E-state index < -0.39 is 0 Å². The summed E-state index contributed by atoms with van der Waals surface area (Å²) in [4.78, 5) is 12.7. The molecular weight excluding hydrogens is 353 g/mol. The van der Waals surface area contributed by atoms with Crippen molar-refractivity contribution in [2.45, 2.75) is 51.1 Å². The van der Waals surface area contributed by atoms with Crippen molar-refractivity contribution in [1.29, 1.82) is 0 Å². The second kappa shape index (κ2) is 9.80. The fourth-order valence-electron chi connectivity index (χ4n) is 3.81. The van der Waals surface area contributed by atoms with E-state index in [1.807, 2.05) is 13.0 Å². The van der Waals surface area contributed by atoms with E-state index in [1.54, 1.807) is 12.1 Å². The second-order valence-electron chi connectivity index (χ2n) is 7.54. The van der Waals surface area contributed by atoms with Crippen LogP contribution < -0.4 is 10.7 Å². The maximum Gasteiger partial charge on any atom is 0.227 e. The molecule has 150 valence electrons. The highest BCUT2D eigenvalue weighted by Crippen LogP contribution is 2.21. The molecule has 1 heterocycles. The summed E-state index contributed by atoms with van der Waals surface area (Å²) in [5.74, 6) is -0.461. The van der Waals surface area contributed by atoms with E-state index in [0.29, 0.717) is 6.42 Å². The van der Waals surface area contributed by atoms with Crippen LogP contribution >= 0.6 is 0 Å². The largest absolute Gasteiger partial charge is 0.353 e. The van der Waals surface area contributed by atoms with Crippen LogP contribution in [0.2, 0.25) is 0 Å². The molecule has 2 N–H and O–H groups in total. The van der Waals surface area contributed by atoms with Crippen LogP contribution in [0.5, 0.6) is 0 Å². The van der Waals surface area contributed by atoms with Crippen molar-refractivity contribution >= 4 is 5.91 Å². The minimum atomic E-state index is -0.274. The maximum atomic E-state index is 13.2. The molecule has 1 saturated heterocycles. The lowest BCUT2D eigenvalue weighted by molar-refractivity contribution is -0.123. The molecule has 0 spiro atoms. The van der Waals surface area contributed by atoms with Gasteiger partial charge in [-0.15, -0.1) is 0 Å². The van der Waals surface area contributed by atoms with Gasteiger partial charge in [0.15, 0.2) is 0 Å². The van der Waals surface area contributed by atoms with Gasteiger partial charge in [-0.3, -0.25) is 4.79 Å². The SMILES string of the molecule is CCC(C(=O)NC1CCN(NC(C)c2ccccc2)CC1)c1ccc(F)cc1. The number of hydrogen-bond donors (Lipinski definition) is 2. The molecule has 4 nitrogen and oxygen atoms in total. The van der Waals surface area contributed by atoms with Gasteiger partial charge in [-0.05, 0) is 49.4 Å². The molecule has 1 aliphatic rings. The first-order valence-electron chi connectivity index (χ1n) is 10.2. The lowest BCUT2D eigenvalue weighted by Gasteiger charge is -2.35. The van der Waals surface area contributed by atoms with Crippen molar-refractivity contribution in [3.8, 4) is 0 Å². The first-order chi connectivity index (χ1) is 13.6. The number of benzene rings is 2. The van der Waals surface area contributed by atoms with Gasteiger partial charge in [-0.1, -0.05) is 49.4 Å². The van der Waals surface area contributed by atoms with E-state index >= 15 is 0 Å². The monoisotopic (exact) mass is 383 g/mol. The second-order valence-corrected chi connectivity index (χ2v) is 7.54. The quantitative estimate of drug-likeness (QED) is 0.754. The molecule has 2 unspecified atom stereocenters. The Hall–Kier alpha value is -2.24. The number of amides is 1. The standard InChI is InChI=1S/C23H30FN3O/c1-3-22(19-9-11-20(24)12-10-19)23(28)25-21-13-15-27(16-14-21)26-17(2)18-7-5-4-6-8-18/h4-12,17,21-22,26H,3,13-16H2,1-2H3,(H,25,28). The van der Waals surface area contributed by atoms with Crippen molar-refractivity contribution in [1.82, 2.24) is 15.8 Å². The van der Waals surface area contributed by atoms with E-state index in [1.165, 1.54) is 17.7 Å². The lowest BCUT2D eigenvalue weighted by Crippen LogP contribution is -2.50. The minimum absolute atomic E-state index is 0.0400. The summed E-state index contributed by atoms with van der Waals surface area (Å²) in [6.07, 6.45) is 2.53. The third-order valence-electron chi connectivity index (χ3n) is 5.51. The third-order valence-corrected chi connectivity index (χ3v) is 5.51. The highest BCUT2D eigenvalue weighted by molar-refractivity contribution is 5.83. The molecule has 1 aliphatic heterocycles. The average Bonchev–Trinajstić information content (AvgIpc) is 2.72. The summed E-state index contributed by atoms with van der Waals surface area (Å²) >= 11 is 0. The molecule has 0 bridgehead atoms. The number of carbonyl (C=O) groups is 1. The molecule has 28 heavy (non-hydrogen) atoms. The Bertz CT molecular complexity index is 742. The molecular formula is C23H30FN3O. The van der Waals surface area contributed by atoms with Gasteiger partial charge in [0.25, 0.3) is 0 Å². The summed E-state index contributed by atoms with van der Waals surface area (Å²) in [6.45, 7) is 5.95. The average molecular weight is 384 g/mol. The lowest BCUT2D eigenvalue weighted by atomic mass is 9.94. The molecule has 0 radical (unpaired) electrons. The van der Waals surface area contributed by atoms with Gasteiger partial charge in [-0.25, -0.2) is 14.8 Å². The molecule has 1 fully saturated rings. The van der Waals surface area contributed by atoms with E-state index in [0.717, 1.165) is 31.5 Å². The van der Waals surface area contributed by atoms with Crippen molar-refractivity contribution < 1.29 is 9.18 Å². The molecule has 0 aromatic heterocycles. The summed E-state index contributed by atoms with van der Waals surface area (Å²) in [7, 11) is 0. The number of rotatable bonds is 7. The first kappa shape index (κ1) is 20.5. The summed E-state index contributed by atoms with van der Waals surface area (Å²) < 4.78 is 13.2. The summed E-state index contributed by atoms with van der Waals surface area (Å²) in [5.41, 5.74) is 5.70. The predicted octanol–water partition coefficient (Wildman–Crippen LogP) is 4.17. The molecule has 2 aromatic carbocycles. The van der Waals surface area contributed by atoms with Gasteiger partial charge in [0.05, 0.1) is 5.92 Å². The fourth-order valence-corrected chi connectivity index (χ4v) is 3.81. The Morgan fingerprint density at radius 1 is 1.07 bits per heavy atom. The number of carbonyl (C=O) groups excluding carboxylic acids is 1. The van der Waals surface area contributed by atoms with E-state index in [9.17, 15) is 9.18 Å². The highest BCUT2D eigenvalue weighted by atomic mass is 19.1. The van der Waals surface area contributed by atoms with Crippen molar-refractivity contribution in [2.24, 2.45) is 0 Å². The summed E-state index contributed by atoms with van der Waals surface area (Å²) in [6, 6.07) is 17.1. The van der Waals surface area contributed by atoms with Crippen LogP contribution in [0, 0.1) is 5.82 Å². The Labute approximate surface area is 167 Å². The number of halogens is 1. The van der Waals surface area contributed by atoms with Crippen LogP contribution in [0.3, 0.4) is 0 Å². The normalized spacial score (nSPS) is 17.8. The van der Waals surface area contributed by atoms with Crippen molar-refractivity contribution in [3.63, 3.8) is 0 Å². The smallest absolute Gasteiger partial charge is 0.227 e. The number of nitrogens with one attached hydrogen (secondary N) is 2. The van der Waals surface area contributed by atoms with Gasteiger partial charge < -0.3 is 5.32 Å². The number of hydrazine groups is 1. The zero-order valence-corrected chi connectivity index (χ0v) is 16.7. The molecule has 0 aliphatic carbocycles. The van der Waals surface area contributed by atoms with Crippen LogP contribution in [-0.4, -0.2) is 30.0 Å². The predicted molar refractivity (Wildman–Crippen MR) is 110 cm³/mol. The zero-order valence-electron chi connectivity index (χ0n) is 16.7. The van der Waals surface area contributed by atoms with Crippen LogP contribution in [0.25, 0.3) is 0 Å². The third kappa shape index (κ3) is 5.40. The van der Waals surface area contributed by atoms with Gasteiger partial charge in [-0.2, -0.15) is 0 Å².